The van der Waals surface area contributed by atoms with Crippen molar-refractivity contribution >= 4 is 28.6 Å². The minimum absolute atomic E-state index is 0.0787. The zero-order valence-corrected chi connectivity index (χ0v) is 14.3. The number of benzene rings is 1. The van der Waals surface area contributed by atoms with E-state index in [1.54, 1.807) is 0 Å². The maximum atomic E-state index is 11.8. The average molecular weight is 343 g/mol. The molecule has 2 aromatic rings. The Bertz CT molecular complexity index is 675. The van der Waals surface area contributed by atoms with Crippen LogP contribution < -0.4 is 4.90 Å². The molecule has 0 radical (unpaired) electrons. The number of nitrogens with zero attached hydrogens (tertiary/aromatic N) is 1. The summed E-state index contributed by atoms with van der Waals surface area (Å²) in [4.78, 5) is 25.8. The number of carbonyl (C=O) groups excluding carboxylic acids is 2. The van der Waals surface area contributed by atoms with Crippen LogP contribution in [0.3, 0.4) is 0 Å². The molecule has 1 aromatic carbocycles. The Morgan fingerprint density at radius 3 is 2.62 bits per heavy atom. The molecular weight excluding hydrogens is 322 g/mol. The van der Waals surface area contributed by atoms with Gasteiger partial charge in [0.2, 0.25) is 0 Å². The van der Waals surface area contributed by atoms with Crippen molar-refractivity contribution in [2.75, 3.05) is 24.6 Å². The van der Waals surface area contributed by atoms with E-state index >= 15 is 0 Å². The van der Waals surface area contributed by atoms with E-state index in [0.29, 0.717) is 6.29 Å². The molecule has 0 aliphatic carbocycles. The summed E-state index contributed by atoms with van der Waals surface area (Å²) in [5.74, 6) is -0.317. The Balaban J connectivity index is 1.53. The van der Waals surface area contributed by atoms with Crippen molar-refractivity contribution < 1.29 is 14.3 Å². The first-order valence-electron chi connectivity index (χ1n) is 8.24. The summed E-state index contributed by atoms with van der Waals surface area (Å²) in [5.41, 5.74) is 1.32. The molecule has 3 rings (SSSR count). The lowest BCUT2D eigenvalue weighted by atomic mass is 9.97. The third kappa shape index (κ3) is 4.23. The second kappa shape index (κ2) is 8.11. The molecule has 126 valence electrons. The molecule has 5 heteroatoms. The Hall–Kier alpha value is -2.14. The van der Waals surface area contributed by atoms with Gasteiger partial charge in [0.25, 0.3) is 0 Å². The predicted molar refractivity (Wildman–Crippen MR) is 95.5 cm³/mol. The smallest absolute Gasteiger partial charge is 0.309 e. The van der Waals surface area contributed by atoms with Crippen LogP contribution in [0.4, 0.5) is 5.00 Å². The van der Waals surface area contributed by atoms with Crippen LogP contribution in [0.15, 0.2) is 42.5 Å². The summed E-state index contributed by atoms with van der Waals surface area (Å²) in [5, 5.41) is 1.26. The fraction of sp³-hybridized carbons (Fsp3) is 0.368. The Morgan fingerprint density at radius 2 is 1.92 bits per heavy atom. The highest BCUT2D eigenvalue weighted by Crippen LogP contribution is 2.31. The monoisotopic (exact) mass is 343 g/mol. The van der Waals surface area contributed by atoms with Gasteiger partial charge in [-0.3, -0.25) is 9.59 Å². The summed E-state index contributed by atoms with van der Waals surface area (Å²) >= 11 is 1.82. The second-order valence-electron chi connectivity index (χ2n) is 5.96. The van der Waals surface area contributed by atoms with Crippen LogP contribution in [-0.4, -0.2) is 32.0 Å². The molecule has 0 unspecified atom stereocenters. The van der Waals surface area contributed by atoms with E-state index in [2.05, 4.69) is 41.3 Å². The molecule has 0 N–H and O–H groups in total. The molecule has 1 saturated heterocycles. The third-order valence-electron chi connectivity index (χ3n) is 4.30. The molecule has 1 fully saturated rings. The minimum Gasteiger partial charge on any atom is -0.458 e. The first kappa shape index (κ1) is 16.7. The van der Waals surface area contributed by atoms with Crippen molar-refractivity contribution in [2.45, 2.75) is 19.3 Å². The Morgan fingerprint density at radius 1 is 1.17 bits per heavy atom. The van der Waals surface area contributed by atoms with Gasteiger partial charge in [-0.15, -0.1) is 11.3 Å². The molecule has 0 bridgehead atoms. The van der Waals surface area contributed by atoms with Crippen LogP contribution in [0.2, 0.25) is 0 Å². The van der Waals surface area contributed by atoms with Gasteiger partial charge in [-0.1, -0.05) is 30.3 Å². The number of anilines is 1. The summed E-state index contributed by atoms with van der Waals surface area (Å²) in [6, 6.07) is 14.8. The highest BCUT2D eigenvalue weighted by Gasteiger charge is 2.26. The Labute approximate surface area is 146 Å². The second-order valence-corrected chi connectivity index (χ2v) is 7.11. The summed E-state index contributed by atoms with van der Waals surface area (Å²) < 4.78 is 4.92. The molecule has 0 atom stereocenters. The number of esters is 1. The molecule has 0 spiro atoms. The lowest BCUT2D eigenvalue weighted by molar-refractivity contribution is -0.150. The zero-order valence-electron chi connectivity index (χ0n) is 13.5. The van der Waals surface area contributed by atoms with Gasteiger partial charge in [0.15, 0.2) is 6.29 Å². The average Bonchev–Trinajstić information content (AvgIpc) is 3.09. The number of hydrogen-bond donors (Lipinski definition) is 0. The molecule has 0 saturated carbocycles. The number of thiophene rings is 1. The molecule has 4 nitrogen and oxygen atoms in total. The van der Waals surface area contributed by atoms with E-state index in [1.807, 2.05) is 17.4 Å². The quantitative estimate of drug-likeness (QED) is 0.596. The largest absolute Gasteiger partial charge is 0.458 e. The molecule has 0 amide bonds. The fourth-order valence-corrected chi connectivity index (χ4v) is 4.09. The standard InChI is InChI=1S/C19H21NO3S/c21-12-13-23-19(22)16-8-10-20(11-9-16)18-7-6-17(24-18)14-15-4-2-1-3-5-15/h1-7,12,16H,8-11,13-14H2. The van der Waals surface area contributed by atoms with Crippen molar-refractivity contribution in [1.82, 2.24) is 0 Å². The molecule has 1 aliphatic heterocycles. The van der Waals surface area contributed by atoms with Gasteiger partial charge in [0.1, 0.15) is 6.61 Å². The van der Waals surface area contributed by atoms with Gasteiger partial charge < -0.3 is 9.64 Å². The van der Waals surface area contributed by atoms with Gasteiger partial charge in [-0.25, -0.2) is 0 Å². The van der Waals surface area contributed by atoms with Crippen molar-refractivity contribution in [3.8, 4) is 0 Å². The predicted octanol–water partition coefficient (Wildman–Crippen LogP) is 3.30. The van der Waals surface area contributed by atoms with Crippen LogP contribution in [0, 0.1) is 5.92 Å². The SMILES string of the molecule is O=CCOC(=O)C1CCN(c2ccc(Cc3ccccc3)s2)CC1. The van der Waals surface area contributed by atoms with Crippen LogP contribution >= 0.6 is 11.3 Å². The molecule has 2 heterocycles. The van der Waals surface area contributed by atoms with E-state index < -0.39 is 0 Å². The van der Waals surface area contributed by atoms with Crippen molar-refractivity contribution in [3.05, 3.63) is 52.9 Å². The van der Waals surface area contributed by atoms with Crippen molar-refractivity contribution in [3.63, 3.8) is 0 Å². The molecular formula is C19H21NO3S. The van der Waals surface area contributed by atoms with E-state index in [9.17, 15) is 9.59 Å². The number of hydrogen-bond acceptors (Lipinski definition) is 5. The van der Waals surface area contributed by atoms with Crippen LogP contribution in [0.25, 0.3) is 0 Å². The lowest BCUT2D eigenvalue weighted by Crippen LogP contribution is -2.36. The fourth-order valence-electron chi connectivity index (χ4n) is 3.00. The minimum atomic E-state index is -0.238. The lowest BCUT2D eigenvalue weighted by Gasteiger charge is -2.31. The first-order chi connectivity index (χ1) is 11.8. The van der Waals surface area contributed by atoms with E-state index in [-0.39, 0.29) is 18.5 Å². The number of rotatable bonds is 6. The maximum Gasteiger partial charge on any atom is 0.309 e. The molecule has 1 aliphatic rings. The van der Waals surface area contributed by atoms with Gasteiger partial charge in [-0.05, 0) is 30.5 Å². The number of aldehydes is 1. The summed E-state index contributed by atoms with van der Waals surface area (Å²) in [7, 11) is 0. The molecule has 24 heavy (non-hydrogen) atoms. The van der Waals surface area contributed by atoms with Crippen LogP contribution in [0.5, 0.6) is 0 Å². The topological polar surface area (TPSA) is 46.6 Å². The van der Waals surface area contributed by atoms with Crippen molar-refractivity contribution in [1.29, 1.82) is 0 Å². The van der Waals surface area contributed by atoms with E-state index in [1.165, 1.54) is 15.4 Å². The normalized spacial score (nSPS) is 15.2. The van der Waals surface area contributed by atoms with Crippen LogP contribution in [0.1, 0.15) is 23.3 Å². The van der Waals surface area contributed by atoms with Gasteiger partial charge >= 0.3 is 5.97 Å². The maximum absolute atomic E-state index is 11.8. The highest BCUT2D eigenvalue weighted by molar-refractivity contribution is 7.16. The summed E-state index contributed by atoms with van der Waals surface area (Å²) in [6.45, 7) is 1.57. The Kier molecular flexibility index (Phi) is 5.64. The van der Waals surface area contributed by atoms with Gasteiger partial charge in [0, 0.05) is 24.4 Å². The number of carbonyl (C=O) groups is 2. The molecule has 1 aromatic heterocycles. The van der Waals surface area contributed by atoms with Crippen LogP contribution in [-0.2, 0) is 20.7 Å². The van der Waals surface area contributed by atoms with E-state index in [0.717, 1.165) is 32.4 Å². The van der Waals surface area contributed by atoms with Gasteiger partial charge in [-0.2, -0.15) is 0 Å². The third-order valence-corrected chi connectivity index (χ3v) is 5.45. The van der Waals surface area contributed by atoms with Gasteiger partial charge in [0.05, 0.1) is 10.9 Å². The number of piperidine rings is 1. The van der Waals surface area contributed by atoms with Crippen molar-refractivity contribution in [2.24, 2.45) is 5.92 Å². The number of ether oxygens (including phenoxy) is 1. The highest BCUT2D eigenvalue weighted by atomic mass is 32.1. The summed E-state index contributed by atoms with van der Waals surface area (Å²) in [6.07, 6.45) is 3.14. The first-order valence-corrected chi connectivity index (χ1v) is 9.06. The zero-order chi connectivity index (χ0) is 16.8. The van der Waals surface area contributed by atoms with E-state index in [4.69, 9.17) is 4.74 Å².